The lowest BCUT2D eigenvalue weighted by Gasteiger charge is -2.35. The van der Waals surface area contributed by atoms with E-state index < -0.39 is 41.9 Å². The zero-order valence-electron chi connectivity index (χ0n) is 18.7. The number of carbonyl (C=O) groups excluding carboxylic acids is 3. The topological polar surface area (TPSA) is 228 Å². The first-order chi connectivity index (χ1) is 17.1. The van der Waals surface area contributed by atoms with Crippen LogP contribution in [0.25, 0.3) is 0 Å². The zero-order valence-corrected chi connectivity index (χ0v) is 18.7. The van der Waals surface area contributed by atoms with E-state index in [1.165, 1.54) is 29.2 Å². The highest BCUT2D eigenvalue weighted by Gasteiger charge is 2.31. The second kappa shape index (κ2) is 11.0. The van der Waals surface area contributed by atoms with Crippen molar-refractivity contribution in [2.24, 2.45) is 0 Å². The summed E-state index contributed by atoms with van der Waals surface area (Å²) in [6, 6.07) is 3.59. The van der Waals surface area contributed by atoms with Crippen molar-refractivity contribution in [2.75, 3.05) is 33.9 Å². The van der Waals surface area contributed by atoms with Crippen molar-refractivity contribution in [1.29, 1.82) is 0 Å². The minimum atomic E-state index is -1.39. The number of aromatic nitrogens is 2. The van der Waals surface area contributed by atoms with Crippen LogP contribution in [0.3, 0.4) is 0 Å². The Balaban J connectivity index is 1.72. The van der Waals surface area contributed by atoms with Gasteiger partial charge in [-0.1, -0.05) is 0 Å². The number of aliphatic carboxylic acids is 2. The second-order valence-electron chi connectivity index (χ2n) is 7.80. The maximum absolute atomic E-state index is 12.4. The summed E-state index contributed by atoms with van der Waals surface area (Å²) in [7, 11) is 0. The van der Waals surface area contributed by atoms with E-state index in [0.29, 0.717) is 18.5 Å². The summed E-state index contributed by atoms with van der Waals surface area (Å²) in [5.74, 6) is -3.28. The van der Waals surface area contributed by atoms with Crippen LogP contribution in [0.15, 0.2) is 29.1 Å². The number of hydrogen-bond acceptors (Lipinski definition) is 9. The largest absolute Gasteiger partial charge is 0.481 e. The fourth-order valence-electron chi connectivity index (χ4n) is 3.64. The van der Waals surface area contributed by atoms with Crippen molar-refractivity contribution in [3.8, 4) is 0 Å². The summed E-state index contributed by atoms with van der Waals surface area (Å²) in [6.45, 7) is 0.152. The molecule has 3 amide bonds. The van der Waals surface area contributed by atoms with E-state index in [-0.39, 0.29) is 42.5 Å². The molecule has 0 radical (unpaired) electrons. The molecule has 15 nitrogen and oxygen atoms in total. The number of H-pyrrole nitrogens is 1. The van der Waals surface area contributed by atoms with E-state index >= 15 is 0 Å². The van der Waals surface area contributed by atoms with Gasteiger partial charge in [-0.05, 0) is 30.7 Å². The lowest BCUT2D eigenvalue weighted by Crippen LogP contribution is -2.52. The summed E-state index contributed by atoms with van der Waals surface area (Å²) in [5.41, 5.74) is 5.32. The monoisotopic (exact) mass is 501 g/mol. The van der Waals surface area contributed by atoms with Crippen LogP contribution >= 0.6 is 0 Å². The molecule has 1 aliphatic heterocycles. The van der Waals surface area contributed by atoms with E-state index in [0.717, 1.165) is 4.90 Å². The Labute approximate surface area is 202 Å². The highest BCUT2D eigenvalue weighted by Crippen LogP contribution is 2.26. The van der Waals surface area contributed by atoms with Crippen LogP contribution in [-0.2, 0) is 19.2 Å². The maximum Gasteiger partial charge on any atom is 0.326 e. The molecule has 0 spiro atoms. The Hall–Kier alpha value is -4.95. The van der Waals surface area contributed by atoms with Gasteiger partial charge < -0.3 is 36.4 Å². The fourth-order valence-corrected chi connectivity index (χ4v) is 3.64. The smallest absolute Gasteiger partial charge is 0.326 e. The first kappa shape index (κ1) is 25.7. The number of carboxylic acids is 2. The van der Waals surface area contributed by atoms with Gasteiger partial charge in [0.15, 0.2) is 11.5 Å². The number of fused-ring (bicyclic) bond motifs is 1. The summed E-state index contributed by atoms with van der Waals surface area (Å²) in [6.07, 6.45) is 0.255. The maximum atomic E-state index is 12.4. The number of amides is 3. The second-order valence-corrected chi connectivity index (χ2v) is 7.80. The number of nitrogens with two attached hydrogens (primary N) is 1. The SMILES string of the molecule is Nc1nc2c(c(=O)[nH]1)N(C=O)[C@@H](CN(C=O)c1ccc(C(=O)N[C@@H](CCC(=O)O)C(=O)O)cc1)CN2. The van der Waals surface area contributed by atoms with Crippen molar-refractivity contribution in [3.63, 3.8) is 0 Å². The molecule has 7 N–H and O–H groups in total. The molecule has 36 heavy (non-hydrogen) atoms. The number of hydrogen-bond donors (Lipinski definition) is 6. The Bertz CT molecular complexity index is 1230. The molecule has 3 rings (SSSR count). The number of nitrogen functional groups attached to an aromatic ring is 1. The molecular formula is C21H23N7O8. The molecule has 2 aromatic rings. The predicted molar refractivity (Wildman–Crippen MR) is 126 cm³/mol. The quantitative estimate of drug-likeness (QED) is 0.201. The van der Waals surface area contributed by atoms with Gasteiger partial charge in [0.1, 0.15) is 6.04 Å². The van der Waals surface area contributed by atoms with Gasteiger partial charge in [-0.15, -0.1) is 0 Å². The molecular weight excluding hydrogens is 478 g/mol. The molecule has 190 valence electrons. The first-order valence-corrected chi connectivity index (χ1v) is 10.6. The van der Waals surface area contributed by atoms with Crippen LogP contribution < -0.4 is 31.7 Å². The van der Waals surface area contributed by atoms with Gasteiger partial charge in [-0.2, -0.15) is 4.98 Å². The molecule has 1 aromatic heterocycles. The van der Waals surface area contributed by atoms with E-state index in [1.807, 2.05) is 0 Å². The van der Waals surface area contributed by atoms with E-state index in [2.05, 4.69) is 20.6 Å². The van der Waals surface area contributed by atoms with Crippen LogP contribution in [0.5, 0.6) is 0 Å². The Morgan fingerprint density at radius 1 is 1.25 bits per heavy atom. The summed E-state index contributed by atoms with van der Waals surface area (Å²) in [4.78, 5) is 79.0. The van der Waals surface area contributed by atoms with Gasteiger partial charge in [0.25, 0.3) is 11.5 Å². The molecule has 0 aliphatic carbocycles. The lowest BCUT2D eigenvalue weighted by molar-refractivity contribution is -0.140. The number of carbonyl (C=O) groups is 5. The zero-order chi connectivity index (χ0) is 26.4. The van der Waals surface area contributed by atoms with Gasteiger partial charge >= 0.3 is 11.9 Å². The number of benzene rings is 1. The lowest BCUT2D eigenvalue weighted by atomic mass is 10.1. The summed E-state index contributed by atoms with van der Waals surface area (Å²) >= 11 is 0. The van der Waals surface area contributed by atoms with Crippen LogP contribution in [-0.4, -0.2) is 76.0 Å². The number of nitrogens with one attached hydrogen (secondary N) is 3. The molecule has 0 unspecified atom stereocenters. The number of aromatic amines is 1. The van der Waals surface area contributed by atoms with Crippen molar-refractivity contribution in [2.45, 2.75) is 24.9 Å². The Kier molecular flexibility index (Phi) is 7.83. The number of anilines is 4. The van der Waals surface area contributed by atoms with Crippen molar-refractivity contribution in [3.05, 3.63) is 40.2 Å². The third-order valence-electron chi connectivity index (χ3n) is 5.43. The minimum Gasteiger partial charge on any atom is -0.481 e. The predicted octanol–water partition coefficient (Wildman–Crippen LogP) is -1.18. The van der Waals surface area contributed by atoms with Gasteiger partial charge in [0, 0.05) is 30.8 Å². The third-order valence-corrected chi connectivity index (χ3v) is 5.43. The Morgan fingerprint density at radius 2 is 1.94 bits per heavy atom. The van der Waals surface area contributed by atoms with Gasteiger partial charge in [-0.25, -0.2) is 4.79 Å². The highest BCUT2D eigenvalue weighted by atomic mass is 16.4. The first-order valence-electron chi connectivity index (χ1n) is 10.6. The molecule has 0 fully saturated rings. The number of carboxylic acid groups (broad SMARTS) is 2. The van der Waals surface area contributed by atoms with Gasteiger partial charge in [0.2, 0.25) is 18.8 Å². The highest BCUT2D eigenvalue weighted by molar-refractivity contribution is 5.97. The molecule has 0 saturated carbocycles. The molecule has 2 atom stereocenters. The van der Waals surface area contributed by atoms with E-state index in [1.54, 1.807) is 0 Å². The third kappa shape index (κ3) is 5.75. The normalized spacial score (nSPS) is 15.1. The molecule has 1 aromatic carbocycles. The average molecular weight is 501 g/mol. The molecule has 0 bridgehead atoms. The Morgan fingerprint density at radius 3 is 2.53 bits per heavy atom. The number of nitrogens with zero attached hydrogens (tertiary/aromatic N) is 3. The van der Waals surface area contributed by atoms with Crippen molar-refractivity contribution >= 4 is 53.8 Å². The van der Waals surface area contributed by atoms with Crippen molar-refractivity contribution in [1.82, 2.24) is 15.3 Å². The number of rotatable bonds is 11. The minimum absolute atomic E-state index is 0.0136. The fraction of sp³-hybridized carbons (Fsp3) is 0.286. The van der Waals surface area contributed by atoms with E-state index in [4.69, 9.17) is 10.8 Å². The van der Waals surface area contributed by atoms with Crippen LogP contribution in [0.4, 0.5) is 23.1 Å². The summed E-state index contributed by atoms with van der Waals surface area (Å²) < 4.78 is 0. The molecule has 0 saturated heterocycles. The molecule has 15 heteroatoms. The van der Waals surface area contributed by atoms with Gasteiger partial charge in [-0.3, -0.25) is 29.0 Å². The van der Waals surface area contributed by atoms with Crippen LogP contribution in [0.1, 0.15) is 23.2 Å². The van der Waals surface area contributed by atoms with Crippen LogP contribution in [0, 0.1) is 0 Å². The standard InChI is InChI=1S/C21H23N7O8/c22-21-25-17-16(19(34)26-21)28(10-30)13(7-23-17)8-27(9-29)12-3-1-11(2-4-12)18(33)24-14(20(35)36)5-6-15(31)32/h1-4,9-10,13-14H,5-8H2,(H,24,33)(H,31,32)(H,35,36)(H4,22,23,25,26,34)/t13-,14+/m1/s1. The van der Waals surface area contributed by atoms with E-state index in [9.17, 15) is 33.9 Å². The van der Waals surface area contributed by atoms with Gasteiger partial charge in [0.05, 0.1) is 6.04 Å². The van der Waals surface area contributed by atoms with Crippen LogP contribution in [0.2, 0.25) is 0 Å². The summed E-state index contributed by atoms with van der Waals surface area (Å²) in [5, 5.41) is 23.1. The van der Waals surface area contributed by atoms with Crippen molar-refractivity contribution < 1.29 is 34.2 Å². The molecule has 2 heterocycles. The average Bonchev–Trinajstić information content (AvgIpc) is 2.84. The molecule has 1 aliphatic rings.